The number of allylic oxidation sites excluding steroid dienone is 3. The Kier molecular flexibility index (Phi) is 4.56. The van der Waals surface area contributed by atoms with Crippen molar-refractivity contribution in [1.82, 2.24) is 0 Å². The molecule has 0 aliphatic carbocycles. The molecular formula is C6H11NS. The molecule has 0 rings (SSSR count). The van der Waals surface area contributed by atoms with Crippen LogP contribution in [0.3, 0.4) is 0 Å². The first-order valence-electron chi connectivity index (χ1n) is 2.58. The van der Waals surface area contributed by atoms with Gasteiger partial charge in [-0.25, -0.2) is 0 Å². The Morgan fingerprint density at radius 2 is 2.38 bits per heavy atom. The van der Waals surface area contributed by atoms with Crippen molar-refractivity contribution in [3.05, 3.63) is 23.3 Å². The predicted molar refractivity (Wildman–Crippen MR) is 40.7 cm³/mol. The van der Waals surface area contributed by atoms with Gasteiger partial charge in [0.05, 0.1) is 5.03 Å². The minimum Gasteiger partial charge on any atom is -0.394 e. The van der Waals surface area contributed by atoms with Crippen LogP contribution in [0.1, 0.15) is 13.3 Å². The Morgan fingerprint density at radius 1 is 1.75 bits per heavy atom. The largest absolute Gasteiger partial charge is 0.394 e. The summed E-state index contributed by atoms with van der Waals surface area (Å²) in [7, 11) is 0. The Bertz CT molecular complexity index is 101. The van der Waals surface area contributed by atoms with Gasteiger partial charge in [0.15, 0.2) is 0 Å². The zero-order valence-corrected chi connectivity index (χ0v) is 5.86. The minimum atomic E-state index is 0.551. The number of nitrogens with two attached hydrogens (primary N) is 1. The minimum absolute atomic E-state index is 0.551. The molecule has 0 heterocycles. The fourth-order valence-electron chi connectivity index (χ4n) is 0.303. The first-order valence-corrected chi connectivity index (χ1v) is 3.03. The lowest BCUT2D eigenvalue weighted by atomic mass is 10.4. The molecule has 0 fully saturated rings. The second kappa shape index (κ2) is 4.78. The third-order valence-electron chi connectivity index (χ3n) is 0.639. The Balaban J connectivity index is 3.42. The third kappa shape index (κ3) is 5.63. The van der Waals surface area contributed by atoms with Crippen LogP contribution < -0.4 is 5.73 Å². The highest BCUT2D eigenvalue weighted by Crippen LogP contribution is 1.89. The van der Waals surface area contributed by atoms with Gasteiger partial charge in [-0.15, -0.1) is 12.6 Å². The van der Waals surface area contributed by atoms with Gasteiger partial charge < -0.3 is 5.73 Å². The average molecular weight is 129 g/mol. The zero-order chi connectivity index (χ0) is 6.41. The SMILES string of the molecule is CC/C=C\C=C(\N)S. The van der Waals surface area contributed by atoms with E-state index in [0.717, 1.165) is 6.42 Å². The highest BCUT2D eigenvalue weighted by atomic mass is 32.1. The molecular weight excluding hydrogens is 118 g/mol. The maximum atomic E-state index is 5.21. The van der Waals surface area contributed by atoms with E-state index >= 15 is 0 Å². The van der Waals surface area contributed by atoms with E-state index in [9.17, 15) is 0 Å². The molecule has 0 aromatic carbocycles. The zero-order valence-electron chi connectivity index (χ0n) is 4.96. The summed E-state index contributed by atoms with van der Waals surface area (Å²) in [6.07, 6.45) is 6.70. The lowest BCUT2D eigenvalue weighted by molar-refractivity contribution is 1.22. The summed E-state index contributed by atoms with van der Waals surface area (Å²) in [6, 6.07) is 0. The van der Waals surface area contributed by atoms with Crippen LogP contribution in [0.15, 0.2) is 23.3 Å². The van der Waals surface area contributed by atoms with Crippen molar-refractivity contribution in [3.8, 4) is 0 Å². The second-order valence-corrected chi connectivity index (χ2v) is 1.94. The van der Waals surface area contributed by atoms with Gasteiger partial charge in [-0.1, -0.05) is 19.1 Å². The monoisotopic (exact) mass is 129 g/mol. The normalized spacial score (nSPS) is 13.0. The Morgan fingerprint density at radius 3 is 2.75 bits per heavy atom. The maximum absolute atomic E-state index is 5.21. The first kappa shape index (κ1) is 7.63. The van der Waals surface area contributed by atoms with Gasteiger partial charge in [-0.05, 0) is 12.5 Å². The quantitative estimate of drug-likeness (QED) is 0.430. The van der Waals surface area contributed by atoms with Crippen molar-refractivity contribution in [2.45, 2.75) is 13.3 Å². The summed E-state index contributed by atoms with van der Waals surface area (Å²) in [5.41, 5.74) is 5.21. The van der Waals surface area contributed by atoms with Gasteiger partial charge in [-0.2, -0.15) is 0 Å². The Hall–Kier alpha value is -0.370. The van der Waals surface area contributed by atoms with Gasteiger partial charge in [0.2, 0.25) is 0 Å². The molecule has 0 saturated heterocycles. The van der Waals surface area contributed by atoms with E-state index in [2.05, 4.69) is 19.6 Å². The van der Waals surface area contributed by atoms with Crippen LogP contribution in [0.5, 0.6) is 0 Å². The molecule has 8 heavy (non-hydrogen) atoms. The summed E-state index contributed by atoms with van der Waals surface area (Å²) in [5, 5.41) is 0.551. The molecule has 0 amide bonds. The van der Waals surface area contributed by atoms with Crippen molar-refractivity contribution in [2.24, 2.45) is 5.73 Å². The predicted octanol–water partition coefficient (Wildman–Crippen LogP) is 1.68. The molecule has 2 N–H and O–H groups in total. The molecule has 0 unspecified atom stereocenters. The van der Waals surface area contributed by atoms with Crippen molar-refractivity contribution >= 4 is 12.6 Å². The van der Waals surface area contributed by atoms with E-state index in [0.29, 0.717) is 5.03 Å². The molecule has 1 nitrogen and oxygen atoms in total. The van der Waals surface area contributed by atoms with Crippen LogP contribution in [-0.2, 0) is 0 Å². The summed E-state index contributed by atoms with van der Waals surface area (Å²) >= 11 is 3.86. The molecule has 0 spiro atoms. The fraction of sp³-hybridized carbons (Fsp3) is 0.333. The first-order chi connectivity index (χ1) is 3.77. The van der Waals surface area contributed by atoms with Crippen LogP contribution >= 0.6 is 12.6 Å². The van der Waals surface area contributed by atoms with E-state index in [4.69, 9.17) is 5.73 Å². The van der Waals surface area contributed by atoms with Crippen molar-refractivity contribution in [3.63, 3.8) is 0 Å². The number of thiol groups is 1. The van der Waals surface area contributed by atoms with Crippen molar-refractivity contribution in [2.75, 3.05) is 0 Å². The van der Waals surface area contributed by atoms with Crippen LogP contribution in [0.25, 0.3) is 0 Å². The smallest absolute Gasteiger partial charge is 0.0624 e. The standard InChI is InChI=1S/C6H11NS/c1-2-3-4-5-6(7)8/h3-5,8H,2,7H2,1H3/b4-3-,6-5-. The molecule has 0 saturated carbocycles. The molecule has 0 aliphatic rings. The topological polar surface area (TPSA) is 26.0 Å². The van der Waals surface area contributed by atoms with Gasteiger partial charge in [0.25, 0.3) is 0 Å². The number of rotatable bonds is 2. The fourth-order valence-corrected chi connectivity index (χ4v) is 0.389. The van der Waals surface area contributed by atoms with Gasteiger partial charge in [0, 0.05) is 0 Å². The highest BCUT2D eigenvalue weighted by molar-refractivity contribution is 7.84. The number of hydrogen-bond donors (Lipinski definition) is 2. The molecule has 0 aromatic heterocycles. The second-order valence-electron chi connectivity index (χ2n) is 1.43. The lowest BCUT2D eigenvalue weighted by Gasteiger charge is -1.80. The summed E-state index contributed by atoms with van der Waals surface area (Å²) in [4.78, 5) is 0. The van der Waals surface area contributed by atoms with E-state index in [1.165, 1.54) is 0 Å². The third-order valence-corrected chi connectivity index (χ3v) is 0.788. The molecule has 0 bridgehead atoms. The molecule has 0 atom stereocenters. The lowest BCUT2D eigenvalue weighted by Crippen LogP contribution is -1.84. The van der Waals surface area contributed by atoms with Crippen LogP contribution in [0.4, 0.5) is 0 Å². The number of hydrogen-bond acceptors (Lipinski definition) is 2. The van der Waals surface area contributed by atoms with E-state index in [-0.39, 0.29) is 0 Å². The highest BCUT2D eigenvalue weighted by Gasteiger charge is 1.68. The van der Waals surface area contributed by atoms with E-state index in [1.54, 1.807) is 6.08 Å². The van der Waals surface area contributed by atoms with Crippen molar-refractivity contribution in [1.29, 1.82) is 0 Å². The molecule has 0 radical (unpaired) electrons. The van der Waals surface area contributed by atoms with Crippen molar-refractivity contribution < 1.29 is 0 Å². The molecule has 46 valence electrons. The summed E-state index contributed by atoms with van der Waals surface area (Å²) < 4.78 is 0. The maximum Gasteiger partial charge on any atom is 0.0624 e. The molecule has 0 aliphatic heterocycles. The van der Waals surface area contributed by atoms with Gasteiger partial charge in [-0.3, -0.25) is 0 Å². The van der Waals surface area contributed by atoms with Crippen LogP contribution in [-0.4, -0.2) is 0 Å². The Labute approximate surface area is 55.7 Å². The summed E-state index contributed by atoms with van der Waals surface area (Å²) in [5.74, 6) is 0. The van der Waals surface area contributed by atoms with Gasteiger partial charge in [0.1, 0.15) is 0 Å². The summed E-state index contributed by atoms with van der Waals surface area (Å²) in [6.45, 7) is 2.07. The molecule has 2 heteroatoms. The average Bonchev–Trinajstić information content (AvgIpc) is 1.66. The van der Waals surface area contributed by atoms with E-state index in [1.807, 2.05) is 12.2 Å². The van der Waals surface area contributed by atoms with E-state index < -0.39 is 0 Å². The molecule has 0 aromatic rings. The van der Waals surface area contributed by atoms with Crippen LogP contribution in [0, 0.1) is 0 Å². The van der Waals surface area contributed by atoms with Crippen LogP contribution in [0.2, 0.25) is 0 Å². The van der Waals surface area contributed by atoms with Gasteiger partial charge >= 0.3 is 0 Å².